The van der Waals surface area contributed by atoms with E-state index in [9.17, 15) is 14.4 Å². The number of hydrogen-bond acceptors (Lipinski definition) is 4. The molecule has 7 nitrogen and oxygen atoms in total. The maximum atomic E-state index is 12.7. The highest BCUT2D eigenvalue weighted by Crippen LogP contribution is 2.22. The number of hydrogen-bond donors (Lipinski definition) is 2. The number of anilines is 2. The third-order valence-electron chi connectivity index (χ3n) is 5.49. The summed E-state index contributed by atoms with van der Waals surface area (Å²) in [5.74, 6) is -0.939. The van der Waals surface area contributed by atoms with Gasteiger partial charge in [0.1, 0.15) is 12.2 Å². The molecule has 2 N–H and O–H groups in total. The first-order valence-corrected chi connectivity index (χ1v) is 10.6. The number of urea groups is 1. The Hall–Kier alpha value is -3.61. The Balaban J connectivity index is 1.40. The second kappa shape index (κ2) is 9.04. The van der Waals surface area contributed by atoms with E-state index in [0.717, 1.165) is 34.8 Å². The highest BCUT2D eigenvalue weighted by atomic mass is 16.2. The van der Waals surface area contributed by atoms with Gasteiger partial charge >= 0.3 is 6.03 Å². The zero-order valence-corrected chi connectivity index (χ0v) is 17.6. The van der Waals surface area contributed by atoms with Crippen molar-refractivity contribution in [1.29, 1.82) is 0 Å². The number of carbonyl (C=O) groups is 3. The second-order valence-corrected chi connectivity index (χ2v) is 7.94. The summed E-state index contributed by atoms with van der Waals surface area (Å²) in [5, 5.41) is 5.28. The van der Waals surface area contributed by atoms with Crippen molar-refractivity contribution in [3.8, 4) is 0 Å². The van der Waals surface area contributed by atoms with Crippen LogP contribution in [0.2, 0.25) is 0 Å². The van der Waals surface area contributed by atoms with Gasteiger partial charge in [-0.15, -0.1) is 0 Å². The van der Waals surface area contributed by atoms with E-state index in [4.69, 9.17) is 0 Å². The lowest BCUT2D eigenvalue weighted by atomic mass is 10.1. The molecule has 2 aliphatic rings. The van der Waals surface area contributed by atoms with Crippen LogP contribution in [0.4, 0.5) is 16.2 Å². The molecule has 0 aromatic heterocycles. The van der Waals surface area contributed by atoms with Crippen LogP contribution in [0.1, 0.15) is 30.4 Å². The fourth-order valence-corrected chi connectivity index (χ4v) is 3.88. The van der Waals surface area contributed by atoms with E-state index >= 15 is 0 Å². The third kappa shape index (κ3) is 4.94. The normalized spacial score (nSPS) is 17.8. The molecule has 31 heavy (non-hydrogen) atoms. The molecule has 0 saturated carbocycles. The van der Waals surface area contributed by atoms with Gasteiger partial charge in [0.05, 0.1) is 0 Å². The number of piperidine rings is 1. The fraction of sp³-hybridized carbons (Fsp3) is 0.292. The molecule has 2 aromatic carbocycles. The SMILES string of the molecule is Cc1cccc(NC(=O)CN2C(=O)NC(=Cc3ccc(N4CCCCC4)cc3)C2=O)c1. The fourth-order valence-electron chi connectivity index (χ4n) is 3.88. The van der Waals surface area contributed by atoms with Crippen molar-refractivity contribution in [1.82, 2.24) is 10.2 Å². The van der Waals surface area contributed by atoms with Crippen molar-refractivity contribution in [3.63, 3.8) is 0 Å². The van der Waals surface area contributed by atoms with Crippen LogP contribution < -0.4 is 15.5 Å². The second-order valence-electron chi connectivity index (χ2n) is 7.94. The van der Waals surface area contributed by atoms with Gasteiger partial charge in [0.2, 0.25) is 5.91 Å². The minimum atomic E-state index is -0.597. The molecule has 4 amide bonds. The van der Waals surface area contributed by atoms with Crippen molar-refractivity contribution in [3.05, 3.63) is 65.4 Å². The molecular weight excluding hydrogens is 392 g/mol. The minimum absolute atomic E-state index is 0.166. The molecule has 0 unspecified atom stereocenters. The van der Waals surface area contributed by atoms with Gasteiger partial charge in [-0.25, -0.2) is 9.69 Å². The van der Waals surface area contributed by atoms with E-state index in [1.54, 1.807) is 12.1 Å². The quantitative estimate of drug-likeness (QED) is 0.575. The zero-order chi connectivity index (χ0) is 21.8. The van der Waals surface area contributed by atoms with Crippen LogP contribution in [0, 0.1) is 6.92 Å². The van der Waals surface area contributed by atoms with Gasteiger partial charge in [0.25, 0.3) is 5.91 Å². The van der Waals surface area contributed by atoms with E-state index in [1.165, 1.54) is 19.3 Å². The maximum absolute atomic E-state index is 12.7. The van der Waals surface area contributed by atoms with Crippen LogP contribution in [0.15, 0.2) is 54.2 Å². The summed E-state index contributed by atoms with van der Waals surface area (Å²) < 4.78 is 0. The molecule has 0 aliphatic carbocycles. The van der Waals surface area contributed by atoms with Crippen molar-refractivity contribution >= 4 is 35.3 Å². The summed E-state index contributed by atoms with van der Waals surface area (Å²) in [7, 11) is 0. The average Bonchev–Trinajstić information content (AvgIpc) is 3.02. The topological polar surface area (TPSA) is 81.8 Å². The summed E-state index contributed by atoms with van der Waals surface area (Å²) >= 11 is 0. The van der Waals surface area contributed by atoms with E-state index in [-0.39, 0.29) is 12.2 Å². The first kappa shape index (κ1) is 20.7. The maximum Gasteiger partial charge on any atom is 0.329 e. The highest BCUT2D eigenvalue weighted by molar-refractivity contribution is 6.15. The van der Waals surface area contributed by atoms with Crippen molar-refractivity contribution in [2.45, 2.75) is 26.2 Å². The Morgan fingerprint density at radius 1 is 1.06 bits per heavy atom. The first-order valence-electron chi connectivity index (χ1n) is 10.6. The lowest BCUT2D eigenvalue weighted by Crippen LogP contribution is -2.38. The molecule has 0 spiro atoms. The lowest BCUT2D eigenvalue weighted by molar-refractivity contribution is -0.127. The van der Waals surface area contributed by atoms with Gasteiger partial charge in [0, 0.05) is 24.5 Å². The first-order chi connectivity index (χ1) is 15.0. The number of aryl methyl sites for hydroxylation is 1. The van der Waals surface area contributed by atoms with Crippen molar-refractivity contribution < 1.29 is 14.4 Å². The van der Waals surface area contributed by atoms with Crippen molar-refractivity contribution in [2.24, 2.45) is 0 Å². The van der Waals surface area contributed by atoms with E-state index in [0.29, 0.717) is 5.69 Å². The zero-order valence-electron chi connectivity index (χ0n) is 17.6. The molecular formula is C24H26N4O3. The van der Waals surface area contributed by atoms with Gasteiger partial charge in [0.15, 0.2) is 0 Å². The Labute approximate surface area is 181 Å². The summed E-state index contributed by atoms with van der Waals surface area (Å²) in [4.78, 5) is 40.5. The van der Waals surface area contributed by atoms with Crippen LogP contribution in [0.3, 0.4) is 0 Å². The lowest BCUT2D eigenvalue weighted by Gasteiger charge is -2.28. The van der Waals surface area contributed by atoms with Crippen LogP contribution in [0.25, 0.3) is 6.08 Å². The smallest absolute Gasteiger partial charge is 0.329 e. The third-order valence-corrected chi connectivity index (χ3v) is 5.49. The molecule has 160 valence electrons. The Morgan fingerprint density at radius 2 is 1.81 bits per heavy atom. The number of amides is 4. The highest BCUT2D eigenvalue weighted by Gasteiger charge is 2.34. The van der Waals surface area contributed by atoms with Gasteiger partial charge < -0.3 is 15.5 Å². The number of nitrogens with zero attached hydrogens (tertiary/aromatic N) is 2. The summed E-state index contributed by atoms with van der Waals surface area (Å²) in [6.07, 6.45) is 5.33. The molecule has 2 aromatic rings. The molecule has 4 rings (SSSR count). The molecule has 0 atom stereocenters. The van der Waals surface area contributed by atoms with E-state index in [1.807, 2.05) is 49.4 Å². The number of nitrogens with one attached hydrogen (secondary N) is 2. The molecule has 2 fully saturated rings. The largest absolute Gasteiger partial charge is 0.372 e. The molecule has 2 heterocycles. The number of carbonyl (C=O) groups excluding carboxylic acids is 3. The Morgan fingerprint density at radius 3 is 2.52 bits per heavy atom. The Bertz CT molecular complexity index is 1020. The summed E-state index contributed by atoms with van der Waals surface area (Å²) in [5.41, 5.74) is 3.78. The van der Waals surface area contributed by atoms with Gasteiger partial charge in [-0.05, 0) is 67.7 Å². The Kier molecular flexibility index (Phi) is 6.02. The van der Waals surface area contributed by atoms with Gasteiger partial charge in [-0.2, -0.15) is 0 Å². The monoisotopic (exact) mass is 418 g/mol. The van der Waals surface area contributed by atoms with Gasteiger partial charge in [-0.1, -0.05) is 24.3 Å². The van der Waals surface area contributed by atoms with Crippen LogP contribution >= 0.6 is 0 Å². The van der Waals surface area contributed by atoms with Gasteiger partial charge in [-0.3, -0.25) is 9.59 Å². The molecule has 7 heteroatoms. The minimum Gasteiger partial charge on any atom is -0.372 e. The number of rotatable bonds is 5. The van der Waals surface area contributed by atoms with Crippen LogP contribution in [-0.2, 0) is 9.59 Å². The molecule has 0 radical (unpaired) electrons. The average molecular weight is 418 g/mol. The summed E-state index contributed by atoms with van der Waals surface area (Å²) in [6.45, 7) is 3.70. The number of benzene rings is 2. The van der Waals surface area contributed by atoms with E-state index in [2.05, 4.69) is 15.5 Å². The van der Waals surface area contributed by atoms with Crippen LogP contribution in [-0.4, -0.2) is 42.4 Å². The standard InChI is InChI=1S/C24H26N4O3/c1-17-6-5-7-19(14-17)25-22(29)16-28-23(30)21(26-24(28)31)15-18-8-10-20(11-9-18)27-12-3-2-4-13-27/h5-11,14-15H,2-4,12-13,16H2,1H3,(H,25,29)(H,26,31). The molecule has 2 saturated heterocycles. The molecule has 2 aliphatic heterocycles. The molecule has 0 bridgehead atoms. The van der Waals surface area contributed by atoms with Crippen molar-refractivity contribution in [2.75, 3.05) is 29.9 Å². The predicted octanol–water partition coefficient (Wildman–Crippen LogP) is 3.52. The predicted molar refractivity (Wildman–Crippen MR) is 121 cm³/mol. The number of imide groups is 1. The summed E-state index contributed by atoms with van der Waals surface area (Å²) in [6, 6.07) is 14.7. The van der Waals surface area contributed by atoms with Crippen LogP contribution in [0.5, 0.6) is 0 Å². The van der Waals surface area contributed by atoms with E-state index < -0.39 is 17.8 Å².